The summed E-state index contributed by atoms with van der Waals surface area (Å²) in [5.74, 6) is 0.665. The van der Waals surface area contributed by atoms with Crippen LogP contribution in [0.1, 0.15) is 12.8 Å². The van der Waals surface area contributed by atoms with Gasteiger partial charge in [-0.3, -0.25) is 4.79 Å². The molecule has 2 N–H and O–H groups in total. The molecule has 0 spiro atoms. The molecule has 0 saturated carbocycles. The molecule has 1 aromatic heterocycles. The molecule has 3 fully saturated rings. The summed E-state index contributed by atoms with van der Waals surface area (Å²) in [6.07, 6.45) is 7.49. The highest BCUT2D eigenvalue weighted by molar-refractivity contribution is 8.02. The maximum absolute atomic E-state index is 11.9. The largest absolute Gasteiger partial charge is 0.348 e. The van der Waals surface area contributed by atoms with Crippen molar-refractivity contribution in [2.75, 3.05) is 19.6 Å². The Hall–Kier alpha value is -1.27. The van der Waals surface area contributed by atoms with Crippen LogP contribution in [0.3, 0.4) is 0 Å². The van der Waals surface area contributed by atoms with Gasteiger partial charge < -0.3 is 15.2 Å². The van der Waals surface area contributed by atoms with E-state index in [1.165, 1.54) is 37.7 Å². The Morgan fingerprint density at radius 3 is 3.00 bits per heavy atom. The van der Waals surface area contributed by atoms with Crippen molar-refractivity contribution in [3.05, 3.63) is 23.9 Å². The van der Waals surface area contributed by atoms with Crippen molar-refractivity contribution < 1.29 is 4.79 Å². The smallest absolute Gasteiger partial charge is 0.244 e. The lowest BCUT2D eigenvalue weighted by molar-refractivity contribution is -0.118. The molecule has 0 unspecified atom stereocenters. The third kappa shape index (κ3) is 3.19. The fourth-order valence-corrected chi connectivity index (χ4v) is 3.41. The van der Waals surface area contributed by atoms with Gasteiger partial charge in [0.25, 0.3) is 0 Å². The van der Waals surface area contributed by atoms with Crippen LogP contribution in [0.25, 0.3) is 0 Å². The van der Waals surface area contributed by atoms with E-state index >= 15 is 0 Å². The van der Waals surface area contributed by atoms with Crippen LogP contribution < -0.4 is 5.32 Å². The second-order valence-electron chi connectivity index (χ2n) is 5.07. The van der Waals surface area contributed by atoms with Crippen LogP contribution in [0.5, 0.6) is 0 Å². The fraction of sp³-hybridized carbons (Fsp3) is 0.538. The minimum Gasteiger partial charge on any atom is -0.348 e. The zero-order valence-corrected chi connectivity index (χ0v) is 11.5. The Labute approximate surface area is 116 Å². The zero-order chi connectivity index (χ0) is 13.1. The zero-order valence-electron chi connectivity index (χ0n) is 10.7. The number of aromatic amines is 1. The van der Waals surface area contributed by atoms with Gasteiger partial charge in [0.15, 0.2) is 5.16 Å². The highest BCUT2D eigenvalue weighted by Crippen LogP contribution is 2.27. The molecule has 1 atom stereocenters. The SMILES string of the molecule is O=C(/C=C/Sc1ncc[nH]1)N[C@H]1CN2CCC1CC2. The predicted octanol–water partition coefficient (Wildman–Crippen LogP) is 1.23. The standard InChI is InChI=1S/C13H18N4OS/c18-12(3-8-19-13-14-4-5-15-13)16-11-9-17-6-1-10(11)2-7-17/h3-5,8,10-11H,1-2,6-7,9H2,(H,14,15)(H,16,18)/b8-3+/t11-/m0/s1. The van der Waals surface area contributed by atoms with Crippen LogP contribution in [-0.4, -0.2) is 46.5 Å². The van der Waals surface area contributed by atoms with Crippen LogP contribution in [-0.2, 0) is 4.79 Å². The van der Waals surface area contributed by atoms with Crippen molar-refractivity contribution in [2.45, 2.75) is 24.0 Å². The van der Waals surface area contributed by atoms with E-state index in [9.17, 15) is 4.79 Å². The highest BCUT2D eigenvalue weighted by Gasteiger charge is 2.34. The molecule has 6 heteroatoms. The van der Waals surface area contributed by atoms with Crippen LogP contribution in [0.4, 0.5) is 0 Å². The summed E-state index contributed by atoms with van der Waals surface area (Å²) in [5.41, 5.74) is 0. The van der Waals surface area contributed by atoms with Crippen molar-refractivity contribution in [3.8, 4) is 0 Å². The Morgan fingerprint density at radius 1 is 1.53 bits per heavy atom. The van der Waals surface area contributed by atoms with Gasteiger partial charge in [-0.15, -0.1) is 0 Å². The Morgan fingerprint density at radius 2 is 2.37 bits per heavy atom. The molecule has 0 aromatic carbocycles. The number of fused-ring (bicyclic) bond motifs is 3. The van der Waals surface area contributed by atoms with E-state index in [4.69, 9.17) is 0 Å². The number of imidazole rings is 1. The number of amides is 1. The minimum absolute atomic E-state index is 0.00203. The summed E-state index contributed by atoms with van der Waals surface area (Å²) in [6.45, 7) is 3.40. The molecule has 3 aliphatic heterocycles. The minimum atomic E-state index is -0.00203. The van der Waals surface area contributed by atoms with E-state index in [2.05, 4.69) is 20.2 Å². The number of H-pyrrole nitrogens is 1. The van der Waals surface area contributed by atoms with Crippen LogP contribution >= 0.6 is 11.8 Å². The molecule has 19 heavy (non-hydrogen) atoms. The third-order valence-electron chi connectivity index (χ3n) is 3.86. The number of hydrogen-bond donors (Lipinski definition) is 2. The molecular formula is C13H18N4OS. The molecule has 1 amide bonds. The summed E-state index contributed by atoms with van der Waals surface area (Å²) < 4.78 is 0. The Bertz CT molecular complexity index is 451. The average Bonchev–Trinajstić information content (AvgIpc) is 2.93. The summed E-state index contributed by atoms with van der Waals surface area (Å²) in [7, 11) is 0. The number of piperidine rings is 3. The van der Waals surface area contributed by atoms with Crippen molar-refractivity contribution in [3.63, 3.8) is 0 Å². The van der Waals surface area contributed by atoms with Gasteiger partial charge in [-0.1, -0.05) is 11.8 Å². The van der Waals surface area contributed by atoms with E-state index in [1.807, 2.05) is 0 Å². The lowest BCUT2D eigenvalue weighted by Gasteiger charge is -2.44. The lowest BCUT2D eigenvalue weighted by Crippen LogP contribution is -2.57. The van der Waals surface area contributed by atoms with E-state index in [0.29, 0.717) is 12.0 Å². The first-order valence-corrected chi connectivity index (χ1v) is 7.54. The lowest BCUT2D eigenvalue weighted by atomic mass is 9.84. The van der Waals surface area contributed by atoms with E-state index in [-0.39, 0.29) is 5.91 Å². The van der Waals surface area contributed by atoms with Gasteiger partial charge in [0.1, 0.15) is 0 Å². The molecule has 3 aliphatic rings. The van der Waals surface area contributed by atoms with Crippen molar-refractivity contribution in [2.24, 2.45) is 5.92 Å². The molecule has 102 valence electrons. The van der Waals surface area contributed by atoms with Gasteiger partial charge in [0, 0.05) is 31.1 Å². The van der Waals surface area contributed by atoms with Gasteiger partial charge in [-0.05, 0) is 37.3 Å². The topological polar surface area (TPSA) is 61.0 Å². The van der Waals surface area contributed by atoms with Crippen LogP contribution in [0.2, 0.25) is 0 Å². The van der Waals surface area contributed by atoms with Gasteiger partial charge in [-0.25, -0.2) is 4.98 Å². The number of hydrogen-bond acceptors (Lipinski definition) is 4. The first kappa shape index (κ1) is 12.7. The predicted molar refractivity (Wildman–Crippen MR) is 74.7 cm³/mol. The Balaban J connectivity index is 1.47. The normalized spacial score (nSPS) is 29.8. The second-order valence-corrected chi connectivity index (χ2v) is 5.96. The van der Waals surface area contributed by atoms with Gasteiger partial charge in [0.2, 0.25) is 5.91 Å². The summed E-state index contributed by atoms with van der Waals surface area (Å²) >= 11 is 1.41. The third-order valence-corrected chi connectivity index (χ3v) is 4.57. The summed E-state index contributed by atoms with van der Waals surface area (Å²) in [6, 6.07) is 0.327. The van der Waals surface area contributed by atoms with Gasteiger partial charge >= 0.3 is 0 Å². The number of carbonyl (C=O) groups excluding carboxylic acids is 1. The second kappa shape index (κ2) is 5.79. The molecule has 2 bridgehead atoms. The highest BCUT2D eigenvalue weighted by atomic mass is 32.2. The first-order valence-electron chi connectivity index (χ1n) is 6.67. The molecule has 4 heterocycles. The van der Waals surface area contributed by atoms with Crippen LogP contribution in [0.15, 0.2) is 29.0 Å². The molecule has 0 radical (unpaired) electrons. The maximum atomic E-state index is 11.9. The number of carbonyl (C=O) groups is 1. The molecule has 0 aliphatic carbocycles. The first-order chi connectivity index (χ1) is 9.31. The maximum Gasteiger partial charge on any atom is 0.244 e. The number of nitrogens with zero attached hydrogens (tertiary/aromatic N) is 2. The van der Waals surface area contributed by atoms with Gasteiger partial charge in [0.05, 0.1) is 0 Å². The molecule has 3 saturated heterocycles. The van der Waals surface area contributed by atoms with E-state index < -0.39 is 0 Å². The number of thioether (sulfide) groups is 1. The van der Waals surface area contributed by atoms with Crippen molar-refractivity contribution in [1.29, 1.82) is 0 Å². The number of aromatic nitrogens is 2. The fourth-order valence-electron chi connectivity index (χ4n) is 2.83. The molecule has 5 nitrogen and oxygen atoms in total. The summed E-state index contributed by atoms with van der Waals surface area (Å²) in [5, 5.41) is 5.69. The van der Waals surface area contributed by atoms with E-state index in [0.717, 1.165) is 11.7 Å². The van der Waals surface area contributed by atoms with Crippen LogP contribution in [0, 0.1) is 5.92 Å². The van der Waals surface area contributed by atoms with Gasteiger partial charge in [-0.2, -0.15) is 0 Å². The monoisotopic (exact) mass is 278 g/mol. The Kier molecular flexibility index (Phi) is 3.89. The summed E-state index contributed by atoms with van der Waals surface area (Å²) in [4.78, 5) is 21.3. The molecule has 4 rings (SSSR count). The van der Waals surface area contributed by atoms with Crippen molar-refractivity contribution in [1.82, 2.24) is 20.2 Å². The average molecular weight is 278 g/mol. The number of nitrogens with one attached hydrogen (secondary N) is 2. The quantitative estimate of drug-likeness (QED) is 0.642. The molecular weight excluding hydrogens is 260 g/mol. The number of rotatable bonds is 4. The van der Waals surface area contributed by atoms with Crippen molar-refractivity contribution >= 4 is 17.7 Å². The molecule has 1 aromatic rings. The van der Waals surface area contributed by atoms with E-state index in [1.54, 1.807) is 23.9 Å².